The van der Waals surface area contributed by atoms with Crippen molar-refractivity contribution in [1.82, 2.24) is 5.32 Å². The summed E-state index contributed by atoms with van der Waals surface area (Å²) in [6, 6.07) is 14.9. The van der Waals surface area contributed by atoms with Crippen LogP contribution in [0, 0.1) is 6.92 Å². The van der Waals surface area contributed by atoms with Crippen molar-refractivity contribution in [1.29, 1.82) is 0 Å². The number of halogens is 1. The number of carbonyl (C=O) groups excluding carboxylic acids is 2. The first-order valence-corrected chi connectivity index (χ1v) is 9.37. The van der Waals surface area contributed by atoms with E-state index in [-0.39, 0.29) is 22.8 Å². The van der Waals surface area contributed by atoms with Gasteiger partial charge in [0, 0.05) is 17.3 Å². The molecule has 2 N–H and O–H groups in total. The summed E-state index contributed by atoms with van der Waals surface area (Å²) in [4.78, 5) is 24.1. The third-order valence-electron chi connectivity index (χ3n) is 3.55. The first-order valence-electron chi connectivity index (χ1n) is 7.94. The number of aryl methyl sites for hydroxylation is 1. The number of hydrogen-bond donors (Lipinski definition) is 2. The fourth-order valence-corrected chi connectivity index (χ4v) is 2.88. The molecule has 2 rings (SSSR count). The zero-order chi connectivity index (χ0) is 18.2. The summed E-state index contributed by atoms with van der Waals surface area (Å²) in [6.45, 7) is 4.23. The van der Waals surface area contributed by atoms with Crippen LogP contribution in [0.25, 0.3) is 0 Å². The van der Waals surface area contributed by atoms with Crippen LogP contribution in [0.2, 0.25) is 5.02 Å². The predicted octanol–water partition coefficient (Wildman–Crippen LogP) is 4.03. The molecule has 2 aromatic rings. The number of thioether (sulfide) groups is 1. The van der Waals surface area contributed by atoms with E-state index in [1.807, 2.05) is 43.3 Å². The third-order valence-corrected chi connectivity index (χ3v) is 4.94. The maximum absolute atomic E-state index is 12.1. The largest absolute Gasteiger partial charge is 0.351 e. The van der Waals surface area contributed by atoms with Crippen molar-refractivity contribution < 1.29 is 9.59 Å². The average Bonchev–Trinajstić information content (AvgIpc) is 2.61. The number of hydrogen-bond acceptors (Lipinski definition) is 3. The van der Waals surface area contributed by atoms with Crippen LogP contribution in [-0.2, 0) is 16.1 Å². The smallest absolute Gasteiger partial charge is 0.234 e. The molecule has 0 saturated heterocycles. The normalized spacial score (nSPS) is 11.6. The quantitative estimate of drug-likeness (QED) is 0.767. The summed E-state index contributed by atoms with van der Waals surface area (Å²) in [5, 5.41) is 6.04. The zero-order valence-corrected chi connectivity index (χ0v) is 15.8. The highest BCUT2D eigenvalue weighted by Gasteiger charge is 2.15. The molecule has 0 radical (unpaired) electrons. The van der Waals surface area contributed by atoms with Crippen molar-refractivity contribution >= 4 is 40.9 Å². The van der Waals surface area contributed by atoms with Crippen LogP contribution in [0.1, 0.15) is 18.1 Å². The van der Waals surface area contributed by atoms with E-state index in [4.69, 9.17) is 11.6 Å². The van der Waals surface area contributed by atoms with Crippen molar-refractivity contribution in [3.8, 4) is 0 Å². The lowest BCUT2D eigenvalue weighted by atomic mass is 10.2. The molecule has 132 valence electrons. The molecule has 0 bridgehead atoms. The minimum absolute atomic E-state index is 0.0944. The Balaban J connectivity index is 1.72. The van der Waals surface area contributed by atoms with E-state index >= 15 is 0 Å². The van der Waals surface area contributed by atoms with Crippen molar-refractivity contribution in [2.24, 2.45) is 0 Å². The molecule has 25 heavy (non-hydrogen) atoms. The van der Waals surface area contributed by atoms with Gasteiger partial charge in [-0.15, -0.1) is 11.8 Å². The standard InChI is InChI=1S/C19H21ClN2O2S/c1-13-3-9-17(10-4-13)22-18(23)12-25-14(2)19(24)21-11-15-5-7-16(20)8-6-15/h3-10,14H,11-12H2,1-2H3,(H,21,24)(H,22,23)/t14-/m1/s1. The second-order valence-electron chi connectivity index (χ2n) is 5.71. The van der Waals surface area contributed by atoms with E-state index < -0.39 is 0 Å². The van der Waals surface area contributed by atoms with Gasteiger partial charge in [0.05, 0.1) is 11.0 Å². The van der Waals surface area contributed by atoms with Gasteiger partial charge in [-0.1, -0.05) is 41.4 Å². The van der Waals surface area contributed by atoms with Crippen LogP contribution >= 0.6 is 23.4 Å². The summed E-state index contributed by atoms with van der Waals surface area (Å²) >= 11 is 7.14. The Hall–Kier alpha value is -1.98. The Morgan fingerprint density at radius 1 is 1.08 bits per heavy atom. The summed E-state index contributed by atoms with van der Waals surface area (Å²) in [7, 11) is 0. The first kappa shape index (κ1) is 19.3. The monoisotopic (exact) mass is 376 g/mol. The Labute approximate surface area is 157 Å². The molecule has 0 heterocycles. The van der Waals surface area contributed by atoms with Crippen LogP contribution < -0.4 is 10.6 Å². The minimum atomic E-state index is -0.309. The lowest BCUT2D eigenvalue weighted by Gasteiger charge is -2.12. The maximum atomic E-state index is 12.1. The zero-order valence-electron chi connectivity index (χ0n) is 14.2. The van der Waals surface area contributed by atoms with Crippen molar-refractivity contribution in [2.45, 2.75) is 25.6 Å². The Morgan fingerprint density at radius 3 is 2.36 bits per heavy atom. The molecule has 0 unspecified atom stereocenters. The van der Waals surface area contributed by atoms with Crippen LogP contribution in [0.3, 0.4) is 0 Å². The molecular weight excluding hydrogens is 356 g/mol. The van der Waals surface area contributed by atoms with Gasteiger partial charge >= 0.3 is 0 Å². The van der Waals surface area contributed by atoms with Crippen molar-refractivity contribution in [3.63, 3.8) is 0 Å². The summed E-state index contributed by atoms with van der Waals surface area (Å²) in [6.07, 6.45) is 0. The number of nitrogens with one attached hydrogen (secondary N) is 2. The van der Waals surface area contributed by atoms with Crippen LogP contribution in [0.15, 0.2) is 48.5 Å². The Morgan fingerprint density at radius 2 is 1.72 bits per heavy atom. The number of benzene rings is 2. The van der Waals surface area contributed by atoms with Crippen LogP contribution in [0.5, 0.6) is 0 Å². The minimum Gasteiger partial charge on any atom is -0.351 e. The van der Waals surface area contributed by atoms with E-state index in [9.17, 15) is 9.59 Å². The van der Waals surface area contributed by atoms with Gasteiger partial charge in [-0.2, -0.15) is 0 Å². The molecule has 0 aliphatic rings. The van der Waals surface area contributed by atoms with Crippen LogP contribution in [-0.4, -0.2) is 22.8 Å². The molecule has 4 nitrogen and oxygen atoms in total. The Bertz CT molecular complexity index is 717. The van der Waals surface area contributed by atoms with E-state index in [1.54, 1.807) is 19.1 Å². The van der Waals surface area contributed by atoms with Crippen LogP contribution in [0.4, 0.5) is 5.69 Å². The molecule has 0 spiro atoms. The summed E-state index contributed by atoms with van der Waals surface area (Å²) in [5.41, 5.74) is 2.88. The van der Waals surface area contributed by atoms with Gasteiger partial charge in [-0.25, -0.2) is 0 Å². The average molecular weight is 377 g/mol. The molecular formula is C19H21ClN2O2S. The fourth-order valence-electron chi connectivity index (χ4n) is 2.05. The number of anilines is 1. The topological polar surface area (TPSA) is 58.2 Å². The van der Waals surface area contributed by atoms with Gasteiger partial charge in [-0.3, -0.25) is 9.59 Å². The molecule has 0 aromatic heterocycles. The second kappa shape index (κ2) is 9.49. The molecule has 0 aliphatic heterocycles. The van der Waals surface area contributed by atoms with Crippen molar-refractivity contribution in [2.75, 3.05) is 11.1 Å². The Kier molecular flexibility index (Phi) is 7.34. The summed E-state index contributed by atoms with van der Waals surface area (Å²) < 4.78 is 0. The van der Waals surface area contributed by atoms with E-state index in [0.717, 1.165) is 16.8 Å². The van der Waals surface area contributed by atoms with Gasteiger partial charge in [0.15, 0.2) is 0 Å². The van der Waals surface area contributed by atoms with E-state index in [1.165, 1.54) is 11.8 Å². The molecule has 0 saturated carbocycles. The first-order chi connectivity index (χ1) is 11.9. The van der Waals surface area contributed by atoms with Gasteiger partial charge in [-0.05, 0) is 43.7 Å². The lowest BCUT2D eigenvalue weighted by Crippen LogP contribution is -2.31. The maximum Gasteiger partial charge on any atom is 0.234 e. The molecule has 2 amide bonds. The molecule has 1 atom stereocenters. The molecule has 2 aromatic carbocycles. The van der Waals surface area contributed by atoms with Gasteiger partial charge in [0.2, 0.25) is 11.8 Å². The second-order valence-corrected chi connectivity index (χ2v) is 7.48. The molecule has 0 aliphatic carbocycles. The van der Waals surface area contributed by atoms with E-state index in [2.05, 4.69) is 10.6 Å². The van der Waals surface area contributed by atoms with Gasteiger partial charge < -0.3 is 10.6 Å². The molecule has 0 fully saturated rings. The number of carbonyl (C=O) groups is 2. The van der Waals surface area contributed by atoms with E-state index in [0.29, 0.717) is 11.6 Å². The SMILES string of the molecule is Cc1ccc(NC(=O)CS[C@H](C)C(=O)NCc2ccc(Cl)cc2)cc1. The summed E-state index contributed by atoms with van der Waals surface area (Å²) in [5.74, 6) is 0.0120. The van der Waals surface area contributed by atoms with Gasteiger partial charge in [0.1, 0.15) is 0 Å². The molecule has 6 heteroatoms. The van der Waals surface area contributed by atoms with Crippen molar-refractivity contribution in [3.05, 3.63) is 64.7 Å². The highest BCUT2D eigenvalue weighted by Crippen LogP contribution is 2.14. The third kappa shape index (κ3) is 6.80. The predicted molar refractivity (Wildman–Crippen MR) is 105 cm³/mol. The lowest BCUT2D eigenvalue weighted by molar-refractivity contribution is -0.120. The highest BCUT2D eigenvalue weighted by molar-refractivity contribution is 8.01. The highest BCUT2D eigenvalue weighted by atomic mass is 35.5. The fraction of sp³-hybridized carbons (Fsp3) is 0.263. The number of rotatable bonds is 7. The van der Waals surface area contributed by atoms with Gasteiger partial charge in [0.25, 0.3) is 0 Å². The number of amides is 2.